The normalized spacial score (nSPS) is 14.5. The van der Waals surface area contributed by atoms with Gasteiger partial charge in [0.1, 0.15) is 0 Å². The van der Waals surface area contributed by atoms with Crippen molar-refractivity contribution in [2.24, 2.45) is 0 Å². The molecule has 0 radical (unpaired) electrons. The first-order chi connectivity index (χ1) is 13.4. The lowest BCUT2D eigenvalue weighted by atomic mass is 10.1. The van der Waals surface area contributed by atoms with Gasteiger partial charge in [-0.3, -0.25) is 14.5 Å². The van der Waals surface area contributed by atoms with Gasteiger partial charge >= 0.3 is 6.18 Å². The van der Waals surface area contributed by atoms with Crippen LogP contribution < -0.4 is 0 Å². The minimum atomic E-state index is -4.36. The molecule has 8 heteroatoms. The van der Waals surface area contributed by atoms with Crippen LogP contribution in [0.2, 0.25) is 0 Å². The average molecular weight is 386 g/mol. The van der Waals surface area contributed by atoms with Crippen molar-refractivity contribution < 1.29 is 18.0 Å². The quantitative estimate of drug-likeness (QED) is 0.669. The van der Waals surface area contributed by atoms with Gasteiger partial charge in [-0.25, -0.2) is 0 Å². The molecule has 3 aromatic rings. The first-order valence-electron chi connectivity index (χ1n) is 8.85. The zero-order valence-electron chi connectivity index (χ0n) is 14.9. The number of alkyl halides is 3. The number of hydrogen-bond acceptors (Lipinski definition) is 3. The largest absolute Gasteiger partial charge is 0.416 e. The molecule has 0 unspecified atom stereocenters. The molecule has 0 spiro atoms. The van der Waals surface area contributed by atoms with Crippen LogP contribution in [0.3, 0.4) is 0 Å². The molecule has 0 saturated carbocycles. The maximum atomic E-state index is 12.8. The van der Waals surface area contributed by atoms with Gasteiger partial charge in [-0.05, 0) is 36.8 Å². The van der Waals surface area contributed by atoms with Crippen LogP contribution in [0.5, 0.6) is 0 Å². The monoisotopic (exact) mass is 386 g/mol. The Hall–Kier alpha value is -3.16. The zero-order valence-corrected chi connectivity index (χ0v) is 14.9. The minimum Gasteiger partial charge on any atom is -0.333 e. The van der Waals surface area contributed by atoms with E-state index in [4.69, 9.17) is 0 Å². The van der Waals surface area contributed by atoms with Gasteiger partial charge in [0.2, 0.25) is 0 Å². The van der Waals surface area contributed by atoms with E-state index in [9.17, 15) is 18.0 Å². The SMILES string of the molecule is O=C(c1ccncc1)N1CCCn2nc(-c3ccc(C(F)(F)F)cc3)cc2C1. The van der Waals surface area contributed by atoms with E-state index in [0.717, 1.165) is 24.2 Å². The number of pyridine rings is 1. The fourth-order valence-corrected chi connectivity index (χ4v) is 3.28. The molecule has 1 aliphatic rings. The Morgan fingerprint density at radius 1 is 1.00 bits per heavy atom. The Morgan fingerprint density at radius 3 is 2.39 bits per heavy atom. The molecule has 1 amide bonds. The number of amides is 1. The number of aryl methyl sites for hydroxylation is 1. The second-order valence-corrected chi connectivity index (χ2v) is 6.64. The Labute approximate surface area is 159 Å². The van der Waals surface area contributed by atoms with Gasteiger partial charge in [0.25, 0.3) is 5.91 Å². The highest BCUT2D eigenvalue weighted by Crippen LogP contribution is 2.31. The van der Waals surface area contributed by atoms with Crippen LogP contribution >= 0.6 is 0 Å². The molecule has 0 saturated heterocycles. The summed E-state index contributed by atoms with van der Waals surface area (Å²) in [7, 11) is 0. The summed E-state index contributed by atoms with van der Waals surface area (Å²) >= 11 is 0. The summed E-state index contributed by atoms with van der Waals surface area (Å²) in [6, 6.07) is 10.1. The minimum absolute atomic E-state index is 0.0758. The standard InChI is InChI=1S/C20H17F3N4O/c21-20(22,23)16-4-2-14(3-5-16)18-12-17-13-26(10-1-11-27(17)25-18)19(28)15-6-8-24-9-7-15/h2-9,12H,1,10-11,13H2. The first-order valence-corrected chi connectivity index (χ1v) is 8.85. The highest BCUT2D eigenvalue weighted by atomic mass is 19.4. The molecule has 0 aliphatic carbocycles. The zero-order chi connectivity index (χ0) is 19.7. The average Bonchev–Trinajstić information content (AvgIpc) is 2.99. The van der Waals surface area contributed by atoms with Gasteiger partial charge in [-0.2, -0.15) is 18.3 Å². The highest BCUT2D eigenvalue weighted by molar-refractivity contribution is 5.94. The van der Waals surface area contributed by atoms with Crippen LogP contribution in [0.15, 0.2) is 54.9 Å². The third kappa shape index (κ3) is 3.62. The van der Waals surface area contributed by atoms with Gasteiger partial charge < -0.3 is 4.90 Å². The number of carbonyl (C=O) groups is 1. The molecule has 0 bridgehead atoms. The number of aromatic nitrogens is 3. The summed E-state index contributed by atoms with van der Waals surface area (Å²) in [6.07, 6.45) is -0.453. The van der Waals surface area contributed by atoms with Crippen molar-refractivity contribution in [1.82, 2.24) is 19.7 Å². The van der Waals surface area contributed by atoms with Crippen LogP contribution in [0, 0.1) is 0 Å². The fraction of sp³-hybridized carbons (Fsp3) is 0.250. The summed E-state index contributed by atoms with van der Waals surface area (Å²) in [5.41, 5.74) is 1.95. The molecule has 5 nitrogen and oxygen atoms in total. The summed E-state index contributed by atoms with van der Waals surface area (Å²) < 4.78 is 40.1. The smallest absolute Gasteiger partial charge is 0.333 e. The first kappa shape index (κ1) is 18.2. The lowest BCUT2D eigenvalue weighted by molar-refractivity contribution is -0.137. The predicted molar refractivity (Wildman–Crippen MR) is 96.3 cm³/mol. The molecule has 3 heterocycles. The third-order valence-electron chi connectivity index (χ3n) is 4.74. The van der Waals surface area contributed by atoms with E-state index in [1.165, 1.54) is 12.1 Å². The van der Waals surface area contributed by atoms with E-state index in [-0.39, 0.29) is 5.91 Å². The third-order valence-corrected chi connectivity index (χ3v) is 4.74. The number of benzene rings is 1. The lowest BCUT2D eigenvalue weighted by Gasteiger charge is -2.19. The molecule has 0 fully saturated rings. The molecule has 0 atom stereocenters. The van der Waals surface area contributed by atoms with Gasteiger partial charge in [0.15, 0.2) is 0 Å². The predicted octanol–water partition coefficient (Wildman–Crippen LogP) is 4.01. The Morgan fingerprint density at radius 2 is 1.71 bits per heavy atom. The van der Waals surface area contributed by atoms with Crippen LogP contribution in [0.4, 0.5) is 13.2 Å². The number of halogens is 3. The number of fused-ring (bicyclic) bond motifs is 1. The van der Waals surface area contributed by atoms with Crippen LogP contribution in [-0.4, -0.2) is 32.1 Å². The Balaban J connectivity index is 1.57. The molecule has 0 N–H and O–H groups in total. The van der Waals surface area contributed by atoms with E-state index in [0.29, 0.717) is 36.5 Å². The molecular formula is C20H17F3N4O. The van der Waals surface area contributed by atoms with E-state index < -0.39 is 11.7 Å². The summed E-state index contributed by atoms with van der Waals surface area (Å²) in [5, 5.41) is 4.53. The highest BCUT2D eigenvalue weighted by Gasteiger charge is 2.30. The van der Waals surface area contributed by atoms with Gasteiger partial charge in [-0.15, -0.1) is 0 Å². The van der Waals surface area contributed by atoms with Crippen molar-refractivity contribution in [3.63, 3.8) is 0 Å². The van der Waals surface area contributed by atoms with E-state index in [1.54, 1.807) is 29.4 Å². The van der Waals surface area contributed by atoms with Crippen molar-refractivity contribution in [3.05, 3.63) is 71.7 Å². The number of carbonyl (C=O) groups excluding carboxylic acids is 1. The summed E-state index contributed by atoms with van der Waals surface area (Å²) in [4.78, 5) is 18.4. The fourth-order valence-electron chi connectivity index (χ4n) is 3.28. The Kier molecular flexibility index (Phi) is 4.62. The molecular weight excluding hydrogens is 369 g/mol. The topological polar surface area (TPSA) is 51.0 Å². The van der Waals surface area contributed by atoms with E-state index >= 15 is 0 Å². The van der Waals surface area contributed by atoms with E-state index in [2.05, 4.69) is 10.1 Å². The maximum absolute atomic E-state index is 12.8. The number of nitrogens with zero attached hydrogens (tertiary/aromatic N) is 4. The molecule has 28 heavy (non-hydrogen) atoms. The van der Waals surface area contributed by atoms with Crippen molar-refractivity contribution in [3.8, 4) is 11.3 Å². The van der Waals surface area contributed by atoms with Crippen molar-refractivity contribution in [1.29, 1.82) is 0 Å². The second-order valence-electron chi connectivity index (χ2n) is 6.64. The van der Waals surface area contributed by atoms with Crippen molar-refractivity contribution in [2.75, 3.05) is 6.54 Å². The second kappa shape index (κ2) is 7.10. The van der Waals surface area contributed by atoms with Crippen LogP contribution in [0.1, 0.15) is 28.0 Å². The lowest BCUT2D eigenvalue weighted by Crippen LogP contribution is -2.30. The van der Waals surface area contributed by atoms with Crippen LogP contribution in [0.25, 0.3) is 11.3 Å². The van der Waals surface area contributed by atoms with E-state index in [1.807, 2.05) is 10.7 Å². The van der Waals surface area contributed by atoms with Crippen molar-refractivity contribution >= 4 is 5.91 Å². The number of hydrogen-bond donors (Lipinski definition) is 0. The molecule has 144 valence electrons. The van der Waals surface area contributed by atoms with Crippen LogP contribution in [-0.2, 0) is 19.3 Å². The molecule has 4 rings (SSSR count). The number of rotatable bonds is 2. The maximum Gasteiger partial charge on any atom is 0.416 e. The van der Waals surface area contributed by atoms with Gasteiger partial charge in [0, 0.05) is 36.6 Å². The molecule has 1 aromatic carbocycles. The van der Waals surface area contributed by atoms with Gasteiger partial charge in [-0.1, -0.05) is 12.1 Å². The Bertz CT molecular complexity index is 981. The van der Waals surface area contributed by atoms with Crippen molar-refractivity contribution in [2.45, 2.75) is 25.7 Å². The summed E-state index contributed by atoms with van der Waals surface area (Å²) in [5.74, 6) is -0.0758. The summed E-state index contributed by atoms with van der Waals surface area (Å²) in [6.45, 7) is 1.66. The molecule has 2 aromatic heterocycles. The molecule has 1 aliphatic heterocycles. The van der Waals surface area contributed by atoms with Gasteiger partial charge in [0.05, 0.1) is 23.5 Å².